The summed E-state index contributed by atoms with van der Waals surface area (Å²) in [5, 5.41) is 12.7. The Morgan fingerprint density at radius 3 is 2.52 bits per heavy atom. The predicted octanol–water partition coefficient (Wildman–Crippen LogP) is 1.92. The summed E-state index contributed by atoms with van der Waals surface area (Å²) in [6.45, 7) is -0.492. The van der Waals surface area contributed by atoms with E-state index in [1.165, 1.54) is 13.2 Å². The van der Waals surface area contributed by atoms with Crippen LogP contribution in [0.1, 0.15) is 25.1 Å². The molecule has 1 aliphatic rings. The summed E-state index contributed by atoms with van der Waals surface area (Å²) in [6, 6.07) is 4.29. The number of aliphatic hydroxyl groups is 1. The number of imidazole rings is 1. The van der Waals surface area contributed by atoms with E-state index in [0.717, 1.165) is 39.3 Å². The maximum atomic E-state index is 13.6. The number of nitrogens with zero attached hydrogens (tertiary/aromatic N) is 3. The van der Waals surface area contributed by atoms with Gasteiger partial charge in [0, 0.05) is 45.5 Å². The highest BCUT2D eigenvalue weighted by atomic mass is 32.2. The molecule has 0 spiro atoms. The maximum absolute atomic E-state index is 13.6. The molecule has 0 saturated carbocycles. The summed E-state index contributed by atoms with van der Waals surface area (Å²) in [5.74, 6) is -2.58. The van der Waals surface area contributed by atoms with Gasteiger partial charge in [-0.05, 0) is 37.1 Å². The number of carbonyl (C=O) groups is 1. The third-order valence-electron chi connectivity index (χ3n) is 5.65. The van der Waals surface area contributed by atoms with Gasteiger partial charge in [0.05, 0.1) is 10.8 Å². The summed E-state index contributed by atoms with van der Waals surface area (Å²) in [7, 11) is -2.64. The molecule has 1 saturated heterocycles. The van der Waals surface area contributed by atoms with Gasteiger partial charge in [-0.3, -0.25) is 4.79 Å². The normalized spacial score (nSPS) is 19.8. The molecule has 8 nitrogen and oxygen atoms in total. The Morgan fingerprint density at radius 2 is 1.94 bits per heavy atom. The zero-order valence-corrected chi connectivity index (χ0v) is 18.5. The van der Waals surface area contributed by atoms with Crippen molar-refractivity contribution in [1.82, 2.24) is 19.2 Å². The van der Waals surface area contributed by atoms with Crippen LogP contribution in [0.4, 0.5) is 17.6 Å². The van der Waals surface area contributed by atoms with Crippen LogP contribution in [0.25, 0.3) is 0 Å². The Hall–Kier alpha value is -2.51. The fourth-order valence-electron chi connectivity index (χ4n) is 3.79. The van der Waals surface area contributed by atoms with Crippen molar-refractivity contribution < 1.29 is 35.9 Å². The zero-order chi connectivity index (χ0) is 24.4. The van der Waals surface area contributed by atoms with Crippen LogP contribution in [0.2, 0.25) is 0 Å². The van der Waals surface area contributed by atoms with Gasteiger partial charge in [0.1, 0.15) is 11.6 Å². The van der Waals surface area contributed by atoms with Gasteiger partial charge in [-0.1, -0.05) is 0 Å². The highest BCUT2D eigenvalue weighted by molar-refractivity contribution is 7.89. The number of nitrogens with one attached hydrogen (secondary N) is 1. The van der Waals surface area contributed by atoms with Gasteiger partial charge in [0.25, 0.3) is 0 Å². The van der Waals surface area contributed by atoms with Gasteiger partial charge in [-0.2, -0.15) is 17.5 Å². The number of aryl methyl sites for hydroxylation is 1. The first-order chi connectivity index (χ1) is 15.4. The second kappa shape index (κ2) is 9.39. The van der Waals surface area contributed by atoms with Crippen LogP contribution in [0.3, 0.4) is 0 Å². The van der Waals surface area contributed by atoms with E-state index in [4.69, 9.17) is 0 Å². The molecule has 2 atom stereocenters. The molecule has 1 aromatic heterocycles. The molecule has 1 aliphatic heterocycles. The number of rotatable bonds is 7. The molecule has 13 heteroatoms. The van der Waals surface area contributed by atoms with E-state index in [2.05, 4.69) is 10.3 Å². The highest BCUT2D eigenvalue weighted by Crippen LogP contribution is 2.40. The number of carbonyl (C=O) groups excluding carboxylic acids is 1. The molecule has 0 bridgehead atoms. The molecule has 2 N–H and O–H groups in total. The minimum atomic E-state index is -5.03. The lowest BCUT2D eigenvalue weighted by molar-refractivity contribution is -0.272. The van der Waals surface area contributed by atoms with Gasteiger partial charge >= 0.3 is 6.18 Å². The van der Waals surface area contributed by atoms with Gasteiger partial charge in [0.2, 0.25) is 21.5 Å². The molecule has 1 amide bonds. The quantitative estimate of drug-likeness (QED) is 0.575. The SMILES string of the molecule is Cn1ccnc1[C@@](O)(CCNC(=O)[C@@H]1CCCN(S(=O)(=O)c2ccc(F)cc2)C1)C(F)(F)F. The molecule has 182 valence electrons. The highest BCUT2D eigenvalue weighted by Gasteiger charge is 2.57. The van der Waals surface area contributed by atoms with Crippen LogP contribution in [0.15, 0.2) is 41.6 Å². The Labute approximate surface area is 188 Å². The van der Waals surface area contributed by atoms with Crippen LogP contribution >= 0.6 is 0 Å². The Morgan fingerprint density at radius 1 is 1.27 bits per heavy atom. The van der Waals surface area contributed by atoms with E-state index in [1.54, 1.807) is 0 Å². The fraction of sp³-hybridized carbons (Fsp3) is 0.500. The fourth-order valence-corrected chi connectivity index (χ4v) is 5.31. The third-order valence-corrected chi connectivity index (χ3v) is 7.53. The van der Waals surface area contributed by atoms with Crippen LogP contribution in [0, 0.1) is 11.7 Å². The number of hydrogen-bond donors (Lipinski definition) is 2. The average molecular weight is 492 g/mol. The van der Waals surface area contributed by atoms with Crippen molar-refractivity contribution in [1.29, 1.82) is 0 Å². The van der Waals surface area contributed by atoms with Crippen LogP contribution in [0.5, 0.6) is 0 Å². The standard InChI is InChI=1S/C20H24F4N4O4S/c1-27-12-10-26-18(27)19(30,20(22,23)24)8-9-25-17(29)14-3-2-11-28(13-14)33(31,32)16-6-4-15(21)5-7-16/h4-7,10,12,14,30H,2-3,8-9,11,13H2,1H3,(H,25,29)/t14-,19+/m1/s1. The van der Waals surface area contributed by atoms with Crippen molar-refractivity contribution in [3.8, 4) is 0 Å². The Bertz CT molecular complexity index is 1090. The molecular weight excluding hydrogens is 468 g/mol. The van der Waals surface area contributed by atoms with Crippen molar-refractivity contribution in [2.75, 3.05) is 19.6 Å². The second-order valence-electron chi connectivity index (χ2n) is 7.92. The number of hydrogen-bond acceptors (Lipinski definition) is 5. The molecular formula is C20H24F4N4O4S. The largest absolute Gasteiger partial charge is 0.424 e. The number of piperidine rings is 1. The number of aromatic nitrogens is 2. The molecule has 2 aromatic rings. The van der Waals surface area contributed by atoms with Crippen molar-refractivity contribution in [2.45, 2.75) is 35.9 Å². The Balaban J connectivity index is 1.64. The van der Waals surface area contributed by atoms with Crippen LogP contribution in [-0.2, 0) is 27.5 Å². The first-order valence-corrected chi connectivity index (χ1v) is 11.6. The molecule has 0 unspecified atom stereocenters. The zero-order valence-electron chi connectivity index (χ0n) is 17.7. The molecule has 2 heterocycles. The van der Waals surface area contributed by atoms with Crippen molar-refractivity contribution >= 4 is 15.9 Å². The van der Waals surface area contributed by atoms with E-state index in [0.29, 0.717) is 12.8 Å². The minimum absolute atomic E-state index is 0.115. The monoisotopic (exact) mass is 492 g/mol. The molecule has 0 aliphatic carbocycles. The van der Waals surface area contributed by atoms with Gasteiger partial charge < -0.3 is 15.0 Å². The van der Waals surface area contributed by atoms with Crippen LogP contribution < -0.4 is 5.32 Å². The van der Waals surface area contributed by atoms with E-state index in [-0.39, 0.29) is 18.0 Å². The smallest absolute Gasteiger partial charge is 0.374 e. The summed E-state index contributed by atoms with van der Waals surface area (Å²) in [4.78, 5) is 16.1. The lowest BCUT2D eigenvalue weighted by atomic mass is 9.96. The summed E-state index contributed by atoms with van der Waals surface area (Å²) < 4.78 is 81.6. The second-order valence-corrected chi connectivity index (χ2v) is 9.85. The Kier molecular flexibility index (Phi) is 7.15. The molecule has 1 aromatic carbocycles. The summed E-state index contributed by atoms with van der Waals surface area (Å²) >= 11 is 0. The maximum Gasteiger partial charge on any atom is 0.424 e. The van der Waals surface area contributed by atoms with Gasteiger partial charge in [-0.15, -0.1) is 0 Å². The lowest BCUT2D eigenvalue weighted by Gasteiger charge is -2.32. The van der Waals surface area contributed by atoms with E-state index >= 15 is 0 Å². The van der Waals surface area contributed by atoms with Crippen molar-refractivity contribution in [2.24, 2.45) is 13.0 Å². The molecule has 3 rings (SSSR count). The number of amides is 1. The number of alkyl halides is 3. The summed E-state index contributed by atoms with van der Waals surface area (Å²) in [5.41, 5.74) is -3.26. The number of benzene rings is 1. The molecule has 0 radical (unpaired) electrons. The number of sulfonamides is 1. The van der Waals surface area contributed by atoms with Gasteiger partial charge in [-0.25, -0.2) is 17.8 Å². The molecule has 33 heavy (non-hydrogen) atoms. The lowest BCUT2D eigenvalue weighted by Crippen LogP contribution is -2.48. The summed E-state index contributed by atoms with van der Waals surface area (Å²) in [6.07, 6.45) is -2.77. The number of halogens is 4. The first kappa shape index (κ1) is 25.1. The van der Waals surface area contributed by atoms with Gasteiger partial charge in [0.15, 0.2) is 0 Å². The topological polar surface area (TPSA) is 105 Å². The predicted molar refractivity (Wildman–Crippen MR) is 109 cm³/mol. The van der Waals surface area contributed by atoms with E-state index < -0.39 is 58.2 Å². The van der Waals surface area contributed by atoms with Crippen molar-refractivity contribution in [3.05, 3.63) is 48.3 Å². The van der Waals surface area contributed by atoms with Crippen molar-refractivity contribution in [3.63, 3.8) is 0 Å². The van der Waals surface area contributed by atoms with E-state index in [9.17, 15) is 35.9 Å². The first-order valence-electron chi connectivity index (χ1n) is 10.2. The minimum Gasteiger partial charge on any atom is -0.374 e. The average Bonchev–Trinajstić information content (AvgIpc) is 3.19. The van der Waals surface area contributed by atoms with E-state index in [1.807, 2.05) is 0 Å². The van der Waals surface area contributed by atoms with Crippen LogP contribution in [-0.4, -0.2) is 59.1 Å². The molecule has 1 fully saturated rings. The third kappa shape index (κ3) is 5.20.